The Hall–Kier alpha value is -2.25. The van der Waals surface area contributed by atoms with Crippen molar-refractivity contribution in [3.05, 3.63) is 48.4 Å². The largest absolute Gasteiger partial charge is 0.385 e. The summed E-state index contributed by atoms with van der Waals surface area (Å²) in [7, 11) is -1.96. The number of pyridine rings is 1. The summed E-state index contributed by atoms with van der Waals surface area (Å²) in [6, 6.07) is 10.1. The molecule has 0 amide bonds. The van der Waals surface area contributed by atoms with E-state index in [1.807, 2.05) is 6.07 Å². The predicted molar refractivity (Wildman–Crippen MR) is 118 cm³/mol. The molecule has 162 valence electrons. The van der Waals surface area contributed by atoms with Crippen molar-refractivity contribution in [1.29, 1.82) is 0 Å². The van der Waals surface area contributed by atoms with E-state index in [2.05, 4.69) is 37.2 Å². The molecule has 0 radical (unpaired) electrons. The number of rotatable bonds is 8. The predicted octanol–water partition coefficient (Wildman–Crippen LogP) is 4.62. The summed E-state index contributed by atoms with van der Waals surface area (Å²) in [5, 5.41) is 0.0467. The van der Waals surface area contributed by atoms with E-state index in [-0.39, 0.29) is 15.3 Å². The highest BCUT2D eigenvalue weighted by molar-refractivity contribution is 7.91. The molecule has 1 unspecified atom stereocenters. The first kappa shape index (κ1) is 22.4. The monoisotopic (exact) mass is 429 g/mol. The minimum absolute atomic E-state index is 0.0467. The molecule has 0 fully saturated rings. The highest BCUT2D eigenvalue weighted by Crippen LogP contribution is 2.30. The zero-order valence-corrected chi connectivity index (χ0v) is 19.2. The number of methoxy groups -OCH3 is 1. The van der Waals surface area contributed by atoms with Gasteiger partial charge >= 0.3 is 0 Å². The molecule has 0 aliphatic carbocycles. The van der Waals surface area contributed by atoms with Crippen LogP contribution in [0.2, 0.25) is 0 Å². The maximum atomic E-state index is 13.0. The molecule has 0 spiro atoms. The van der Waals surface area contributed by atoms with E-state index in [0.29, 0.717) is 11.4 Å². The number of hydrogen-bond donors (Lipinski definition) is 0. The number of sulfone groups is 1. The molecule has 0 aliphatic rings. The van der Waals surface area contributed by atoms with Gasteiger partial charge in [0.2, 0.25) is 9.84 Å². The molecule has 0 saturated carbocycles. The summed E-state index contributed by atoms with van der Waals surface area (Å²) in [5.74, 6) is 1.42. The molecular weight excluding hydrogens is 398 g/mol. The smallest absolute Gasteiger partial charge is 0.223 e. The minimum Gasteiger partial charge on any atom is -0.385 e. The first-order chi connectivity index (χ1) is 14.2. The molecule has 3 rings (SSSR count). The molecule has 0 aliphatic heterocycles. The zero-order chi connectivity index (χ0) is 21.9. The molecule has 7 heteroatoms. The Balaban J connectivity index is 2.09. The van der Waals surface area contributed by atoms with Crippen LogP contribution in [0.4, 0.5) is 0 Å². The molecule has 6 nitrogen and oxygen atoms in total. The summed E-state index contributed by atoms with van der Waals surface area (Å²) < 4.78 is 33.5. The number of ether oxygens (including phenoxy) is 1. The molecule has 2 heterocycles. The van der Waals surface area contributed by atoms with Gasteiger partial charge in [0, 0.05) is 31.9 Å². The average Bonchev–Trinajstić information content (AvgIpc) is 3.09. The molecule has 0 bridgehead atoms. The third-order valence-electron chi connectivity index (χ3n) is 5.36. The Labute approximate surface area is 179 Å². The van der Waals surface area contributed by atoms with E-state index in [4.69, 9.17) is 9.72 Å². The third kappa shape index (κ3) is 4.57. The number of hydrogen-bond acceptors (Lipinski definition) is 5. The van der Waals surface area contributed by atoms with Crippen LogP contribution in [-0.4, -0.2) is 36.7 Å². The lowest BCUT2D eigenvalue weighted by Crippen LogP contribution is -2.22. The quantitative estimate of drug-likeness (QED) is 0.522. The highest BCUT2D eigenvalue weighted by Gasteiger charge is 2.26. The van der Waals surface area contributed by atoms with Crippen LogP contribution >= 0.6 is 0 Å². The van der Waals surface area contributed by atoms with Crippen molar-refractivity contribution in [2.24, 2.45) is 5.92 Å². The Morgan fingerprint density at radius 1 is 1.17 bits per heavy atom. The van der Waals surface area contributed by atoms with Crippen LogP contribution < -0.4 is 0 Å². The van der Waals surface area contributed by atoms with E-state index in [0.717, 1.165) is 37.3 Å². The van der Waals surface area contributed by atoms with Crippen molar-refractivity contribution in [2.75, 3.05) is 13.7 Å². The molecule has 0 N–H and O–H groups in total. The average molecular weight is 430 g/mol. The van der Waals surface area contributed by atoms with Gasteiger partial charge in [-0.15, -0.1) is 0 Å². The standard InChI is InChI=1S/C23H31N3O3S/c1-6-17(12-14-29-5)16-26-20-11-10-18(15-19(20)25-22(26)23(2,3)4)30(27,28)21-9-7-8-13-24-21/h7-11,13,15,17H,6,12,14,16H2,1-5H3. The van der Waals surface area contributed by atoms with Crippen molar-refractivity contribution < 1.29 is 13.2 Å². The first-order valence-electron chi connectivity index (χ1n) is 10.3. The minimum atomic E-state index is -3.69. The van der Waals surface area contributed by atoms with E-state index in [9.17, 15) is 8.42 Å². The maximum Gasteiger partial charge on any atom is 0.223 e. The zero-order valence-electron chi connectivity index (χ0n) is 18.4. The number of nitrogens with zero attached hydrogens (tertiary/aromatic N) is 3. The highest BCUT2D eigenvalue weighted by atomic mass is 32.2. The van der Waals surface area contributed by atoms with Crippen molar-refractivity contribution in [1.82, 2.24) is 14.5 Å². The second-order valence-corrected chi connectivity index (χ2v) is 10.6. The van der Waals surface area contributed by atoms with Gasteiger partial charge in [-0.2, -0.15) is 0 Å². The van der Waals surface area contributed by atoms with Gasteiger partial charge in [-0.25, -0.2) is 18.4 Å². The molecule has 1 aromatic carbocycles. The number of imidazole rings is 1. The summed E-state index contributed by atoms with van der Waals surface area (Å²) in [6.45, 7) is 10.1. The van der Waals surface area contributed by atoms with Gasteiger partial charge in [-0.1, -0.05) is 40.2 Å². The number of fused-ring (bicyclic) bond motifs is 1. The number of benzene rings is 1. The van der Waals surface area contributed by atoms with Gasteiger partial charge in [-0.3, -0.25) is 0 Å². The normalized spacial score (nSPS) is 13.6. The Morgan fingerprint density at radius 2 is 1.93 bits per heavy atom. The maximum absolute atomic E-state index is 13.0. The fourth-order valence-corrected chi connectivity index (χ4v) is 4.84. The van der Waals surface area contributed by atoms with Gasteiger partial charge in [0.05, 0.1) is 15.9 Å². The Morgan fingerprint density at radius 3 is 2.53 bits per heavy atom. The van der Waals surface area contributed by atoms with Crippen LogP contribution in [0, 0.1) is 5.92 Å². The van der Waals surface area contributed by atoms with Gasteiger partial charge in [0.1, 0.15) is 5.82 Å². The lowest BCUT2D eigenvalue weighted by atomic mass is 9.95. The lowest BCUT2D eigenvalue weighted by Gasteiger charge is -2.23. The molecule has 30 heavy (non-hydrogen) atoms. The van der Waals surface area contributed by atoms with Crippen LogP contribution in [0.15, 0.2) is 52.5 Å². The first-order valence-corrected chi connectivity index (χ1v) is 11.8. The number of aromatic nitrogens is 3. The van der Waals surface area contributed by atoms with Gasteiger partial charge < -0.3 is 9.30 Å². The van der Waals surface area contributed by atoms with Gasteiger partial charge in [0.25, 0.3) is 0 Å². The molecular formula is C23H31N3O3S. The van der Waals surface area contributed by atoms with Crippen LogP contribution in [0.1, 0.15) is 46.4 Å². The SMILES string of the molecule is CCC(CCOC)Cn1c(C(C)(C)C)nc2cc(S(=O)(=O)c3ccccn3)ccc21. The van der Waals surface area contributed by atoms with Crippen LogP contribution in [0.3, 0.4) is 0 Å². The summed E-state index contributed by atoms with van der Waals surface area (Å²) in [5.41, 5.74) is 1.48. The van der Waals surface area contributed by atoms with Crippen molar-refractivity contribution in [3.63, 3.8) is 0 Å². The van der Waals surface area contributed by atoms with Crippen molar-refractivity contribution in [2.45, 2.75) is 62.4 Å². The van der Waals surface area contributed by atoms with Crippen LogP contribution in [0.25, 0.3) is 11.0 Å². The van der Waals surface area contributed by atoms with E-state index >= 15 is 0 Å². The molecule has 1 atom stereocenters. The molecule has 3 aromatic rings. The summed E-state index contributed by atoms with van der Waals surface area (Å²) in [6.07, 6.45) is 3.50. The molecule has 2 aromatic heterocycles. The van der Waals surface area contributed by atoms with Crippen molar-refractivity contribution >= 4 is 20.9 Å². The Bertz CT molecular complexity index is 1100. The van der Waals surface area contributed by atoms with Gasteiger partial charge in [-0.05, 0) is 42.7 Å². The van der Waals surface area contributed by atoms with Gasteiger partial charge in [0.15, 0.2) is 5.03 Å². The lowest BCUT2D eigenvalue weighted by molar-refractivity contribution is 0.171. The second-order valence-electron chi connectivity index (χ2n) is 8.67. The van der Waals surface area contributed by atoms with E-state index in [1.54, 1.807) is 31.4 Å². The fraction of sp³-hybridized carbons (Fsp3) is 0.478. The summed E-state index contributed by atoms with van der Waals surface area (Å²) >= 11 is 0. The van der Waals surface area contributed by atoms with E-state index < -0.39 is 9.84 Å². The van der Waals surface area contributed by atoms with Crippen LogP contribution in [0.5, 0.6) is 0 Å². The van der Waals surface area contributed by atoms with E-state index in [1.165, 1.54) is 12.3 Å². The van der Waals surface area contributed by atoms with Crippen LogP contribution in [-0.2, 0) is 26.5 Å². The molecule has 0 saturated heterocycles. The second kappa shape index (κ2) is 8.86. The fourth-order valence-electron chi connectivity index (χ4n) is 3.63. The van der Waals surface area contributed by atoms with Crippen molar-refractivity contribution in [3.8, 4) is 0 Å². The topological polar surface area (TPSA) is 74.1 Å². The Kier molecular flexibility index (Phi) is 6.62. The summed E-state index contributed by atoms with van der Waals surface area (Å²) in [4.78, 5) is 9.10. The third-order valence-corrected chi connectivity index (χ3v) is 7.03.